The van der Waals surface area contributed by atoms with Crippen LogP contribution >= 0.6 is 0 Å². The third kappa shape index (κ3) is 7.77. The fraction of sp³-hybridized carbons (Fsp3) is 0.273. The number of amides is 1. The third-order valence-corrected chi connectivity index (χ3v) is 3.99. The molecule has 1 unspecified atom stereocenters. The van der Waals surface area contributed by atoms with Crippen molar-refractivity contribution in [3.8, 4) is 5.75 Å². The summed E-state index contributed by atoms with van der Waals surface area (Å²) < 4.78 is 10.0. The van der Waals surface area contributed by atoms with Crippen LogP contribution in [0.1, 0.15) is 24.5 Å². The number of aryl methyl sites for hydroxylation is 1. The molecule has 0 saturated heterocycles. The van der Waals surface area contributed by atoms with Crippen molar-refractivity contribution in [2.24, 2.45) is 0 Å². The van der Waals surface area contributed by atoms with Gasteiger partial charge in [0.15, 0.2) is 6.61 Å². The Morgan fingerprint density at radius 2 is 1.78 bits per heavy atom. The van der Waals surface area contributed by atoms with Gasteiger partial charge in [-0.3, -0.25) is 4.79 Å². The molecule has 0 bridgehead atoms. The molecule has 5 heteroatoms. The van der Waals surface area contributed by atoms with Crippen LogP contribution in [-0.4, -0.2) is 31.6 Å². The van der Waals surface area contributed by atoms with E-state index in [1.165, 1.54) is 11.6 Å². The molecule has 2 aromatic carbocycles. The summed E-state index contributed by atoms with van der Waals surface area (Å²) in [5, 5.41) is 2.84. The largest absolute Gasteiger partial charge is 0.497 e. The standard InChI is InChI=1S/C22H25NO4/c1-17(8-9-18-6-4-3-5-7-18)23-21(24)16-27-22(25)15-12-19-10-13-20(26-2)14-11-19/h3-7,10-15,17H,8-9,16H2,1-2H3,(H,23,24)/b15-12+. The lowest BCUT2D eigenvalue weighted by Crippen LogP contribution is -2.36. The van der Waals surface area contributed by atoms with Crippen LogP contribution in [0.2, 0.25) is 0 Å². The number of esters is 1. The number of hydrogen-bond acceptors (Lipinski definition) is 4. The van der Waals surface area contributed by atoms with Crippen LogP contribution in [0, 0.1) is 0 Å². The van der Waals surface area contributed by atoms with E-state index in [0.29, 0.717) is 0 Å². The molecule has 0 aliphatic rings. The van der Waals surface area contributed by atoms with Gasteiger partial charge in [0.1, 0.15) is 5.75 Å². The summed E-state index contributed by atoms with van der Waals surface area (Å²) >= 11 is 0. The molecule has 5 nitrogen and oxygen atoms in total. The Morgan fingerprint density at radius 3 is 2.44 bits per heavy atom. The number of ether oxygens (including phenoxy) is 2. The maximum absolute atomic E-state index is 11.9. The Labute approximate surface area is 160 Å². The molecule has 27 heavy (non-hydrogen) atoms. The predicted octanol–water partition coefficient (Wildman–Crippen LogP) is 3.39. The van der Waals surface area contributed by atoms with Gasteiger partial charge in [-0.05, 0) is 49.1 Å². The second kappa shape index (κ2) is 10.8. The monoisotopic (exact) mass is 367 g/mol. The Hall–Kier alpha value is -3.08. The predicted molar refractivity (Wildman–Crippen MR) is 105 cm³/mol. The van der Waals surface area contributed by atoms with Crippen molar-refractivity contribution in [2.45, 2.75) is 25.8 Å². The molecule has 1 N–H and O–H groups in total. The van der Waals surface area contributed by atoms with Crippen molar-refractivity contribution >= 4 is 18.0 Å². The summed E-state index contributed by atoms with van der Waals surface area (Å²) in [5.41, 5.74) is 2.07. The first kappa shape index (κ1) is 20.2. The van der Waals surface area contributed by atoms with Crippen LogP contribution in [0.15, 0.2) is 60.7 Å². The Bertz CT molecular complexity index is 754. The fourth-order valence-electron chi connectivity index (χ4n) is 2.48. The quantitative estimate of drug-likeness (QED) is 0.545. The van der Waals surface area contributed by atoms with Gasteiger partial charge in [-0.25, -0.2) is 4.79 Å². The smallest absolute Gasteiger partial charge is 0.331 e. The summed E-state index contributed by atoms with van der Waals surface area (Å²) in [4.78, 5) is 23.6. The van der Waals surface area contributed by atoms with E-state index in [4.69, 9.17) is 9.47 Å². The number of rotatable bonds is 9. The SMILES string of the molecule is COc1ccc(/C=C/C(=O)OCC(=O)NC(C)CCc2ccccc2)cc1. The van der Waals surface area contributed by atoms with Gasteiger partial charge in [0, 0.05) is 12.1 Å². The number of carbonyl (C=O) groups excluding carboxylic acids is 2. The molecule has 2 aromatic rings. The minimum atomic E-state index is -0.557. The normalized spacial score (nSPS) is 11.8. The van der Waals surface area contributed by atoms with Crippen molar-refractivity contribution < 1.29 is 19.1 Å². The highest BCUT2D eigenvalue weighted by atomic mass is 16.5. The summed E-state index contributed by atoms with van der Waals surface area (Å²) in [7, 11) is 1.59. The van der Waals surface area contributed by atoms with Crippen LogP contribution in [0.3, 0.4) is 0 Å². The van der Waals surface area contributed by atoms with Crippen molar-refractivity contribution in [3.63, 3.8) is 0 Å². The fourth-order valence-corrected chi connectivity index (χ4v) is 2.48. The Morgan fingerprint density at radius 1 is 1.07 bits per heavy atom. The maximum Gasteiger partial charge on any atom is 0.331 e. The molecule has 142 valence electrons. The first-order valence-electron chi connectivity index (χ1n) is 8.89. The topological polar surface area (TPSA) is 64.6 Å². The zero-order valence-corrected chi connectivity index (χ0v) is 15.7. The van der Waals surface area contributed by atoms with E-state index >= 15 is 0 Å². The number of benzene rings is 2. The summed E-state index contributed by atoms with van der Waals surface area (Å²) in [5.74, 6) is -0.118. The minimum Gasteiger partial charge on any atom is -0.497 e. The lowest BCUT2D eigenvalue weighted by Gasteiger charge is -2.13. The summed E-state index contributed by atoms with van der Waals surface area (Å²) in [6.07, 6.45) is 4.63. The van der Waals surface area contributed by atoms with Gasteiger partial charge in [0.05, 0.1) is 7.11 Å². The van der Waals surface area contributed by atoms with Crippen molar-refractivity contribution in [2.75, 3.05) is 13.7 Å². The van der Waals surface area contributed by atoms with Crippen molar-refractivity contribution in [1.29, 1.82) is 0 Å². The van der Waals surface area contributed by atoms with E-state index in [1.54, 1.807) is 25.3 Å². The molecule has 0 aromatic heterocycles. The molecule has 2 rings (SSSR count). The van der Waals surface area contributed by atoms with Crippen molar-refractivity contribution in [3.05, 3.63) is 71.8 Å². The molecular formula is C22H25NO4. The van der Waals surface area contributed by atoms with Gasteiger partial charge in [-0.15, -0.1) is 0 Å². The number of carbonyl (C=O) groups is 2. The van der Waals surface area contributed by atoms with Gasteiger partial charge >= 0.3 is 5.97 Å². The number of methoxy groups -OCH3 is 1. The zero-order chi connectivity index (χ0) is 19.5. The highest BCUT2D eigenvalue weighted by Crippen LogP contribution is 2.12. The number of hydrogen-bond donors (Lipinski definition) is 1. The highest BCUT2D eigenvalue weighted by Gasteiger charge is 2.09. The summed E-state index contributed by atoms with van der Waals surface area (Å²) in [6.45, 7) is 1.65. The van der Waals surface area contributed by atoms with E-state index in [2.05, 4.69) is 17.4 Å². The van der Waals surface area contributed by atoms with Crippen molar-refractivity contribution in [1.82, 2.24) is 5.32 Å². The van der Waals surface area contributed by atoms with Gasteiger partial charge in [-0.2, -0.15) is 0 Å². The average Bonchev–Trinajstić information content (AvgIpc) is 2.70. The molecule has 0 aliphatic heterocycles. The minimum absolute atomic E-state index is 0.00579. The van der Waals surface area contributed by atoms with E-state index in [0.717, 1.165) is 24.2 Å². The maximum atomic E-state index is 11.9. The van der Waals surface area contributed by atoms with Gasteiger partial charge < -0.3 is 14.8 Å². The van der Waals surface area contributed by atoms with Gasteiger partial charge in [-0.1, -0.05) is 42.5 Å². The van der Waals surface area contributed by atoms with Crippen LogP contribution in [-0.2, 0) is 20.7 Å². The number of nitrogens with one attached hydrogen (secondary N) is 1. The molecule has 0 spiro atoms. The lowest BCUT2D eigenvalue weighted by molar-refractivity contribution is -0.144. The molecule has 0 saturated carbocycles. The Kier molecular flexibility index (Phi) is 8.10. The zero-order valence-electron chi connectivity index (χ0n) is 15.7. The highest BCUT2D eigenvalue weighted by molar-refractivity contribution is 5.89. The third-order valence-electron chi connectivity index (χ3n) is 3.99. The second-order valence-electron chi connectivity index (χ2n) is 6.21. The average molecular weight is 367 g/mol. The molecular weight excluding hydrogens is 342 g/mol. The van der Waals surface area contributed by atoms with Gasteiger partial charge in [0.25, 0.3) is 5.91 Å². The van der Waals surface area contributed by atoms with Crippen LogP contribution in [0.25, 0.3) is 6.08 Å². The molecule has 0 heterocycles. The van der Waals surface area contributed by atoms with E-state index < -0.39 is 5.97 Å². The summed E-state index contributed by atoms with van der Waals surface area (Å²) in [6, 6.07) is 17.3. The van der Waals surface area contributed by atoms with E-state index in [9.17, 15) is 9.59 Å². The van der Waals surface area contributed by atoms with E-state index in [-0.39, 0.29) is 18.6 Å². The van der Waals surface area contributed by atoms with Crippen LogP contribution < -0.4 is 10.1 Å². The molecule has 0 fully saturated rings. The molecule has 1 amide bonds. The first-order valence-corrected chi connectivity index (χ1v) is 8.89. The van der Waals surface area contributed by atoms with Crippen LogP contribution in [0.4, 0.5) is 0 Å². The lowest BCUT2D eigenvalue weighted by atomic mass is 10.1. The van der Waals surface area contributed by atoms with Crippen LogP contribution in [0.5, 0.6) is 5.75 Å². The molecule has 1 atom stereocenters. The second-order valence-corrected chi connectivity index (χ2v) is 6.21. The Balaban J connectivity index is 1.67. The van der Waals surface area contributed by atoms with Gasteiger partial charge in [0.2, 0.25) is 0 Å². The molecule has 0 aliphatic carbocycles. The first-order chi connectivity index (χ1) is 13.1. The van der Waals surface area contributed by atoms with E-state index in [1.807, 2.05) is 37.3 Å². The molecule has 0 radical (unpaired) electrons.